The maximum Gasteiger partial charge on any atom is 0.255 e. The van der Waals surface area contributed by atoms with Crippen LogP contribution in [0.1, 0.15) is 43.6 Å². The van der Waals surface area contributed by atoms with E-state index in [-0.39, 0.29) is 35.0 Å². The molecule has 6 heteroatoms. The molecule has 2 aromatic carbocycles. The van der Waals surface area contributed by atoms with E-state index in [9.17, 15) is 14.0 Å². The fourth-order valence-electron chi connectivity index (χ4n) is 2.69. The molecule has 0 aliphatic carbocycles. The summed E-state index contributed by atoms with van der Waals surface area (Å²) >= 11 is 5.90. The third-order valence-corrected chi connectivity index (χ3v) is 4.55. The molecule has 0 aliphatic rings. The number of nitrogens with zero attached hydrogens (tertiary/aromatic N) is 1. The van der Waals surface area contributed by atoms with Gasteiger partial charge in [-0.3, -0.25) is 9.59 Å². The van der Waals surface area contributed by atoms with Gasteiger partial charge in [-0.15, -0.1) is 0 Å². The second-order valence-electron chi connectivity index (χ2n) is 7.32. The van der Waals surface area contributed by atoms with Crippen LogP contribution in [-0.2, 0) is 10.2 Å². The third kappa shape index (κ3) is 5.30. The molecule has 4 nitrogen and oxygen atoms in total. The zero-order valence-corrected chi connectivity index (χ0v) is 16.7. The van der Waals surface area contributed by atoms with Crippen LogP contribution in [0.15, 0.2) is 42.5 Å². The minimum Gasteiger partial charge on any atom is -0.350 e. The molecule has 0 radical (unpaired) electrons. The van der Waals surface area contributed by atoms with E-state index in [1.54, 1.807) is 4.90 Å². The van der Waals surface area contributed by atoms with Crippen molar-refractivity contribution in [3.63, 3.8) is 0 Å². The number of carbonyl (C=O) groups excluding carboxylic acids is 2. The predicted octanol–water partition coefficient (Wildman–Crippen LogP) is 4.56. The fourth-order valence-corrected chi connectivity index (χ4v) is 2.94. The van der Waals surface area contributed by atoms with Crippen LogP contribution in [-0.4, -0.2) is 24.9 Å². The van der Waals surface area contributed by atoms with Gasteiger partial charge in [0.15, 0.2) is 0 Å². The second kappa shape index (κ2) is 8.53. The largest absolute Gasteiger partial charge is 0.350 e. The molecule has 2 amide bonds. The Morgan fingerprint density at radius 1 is 1.11 bits per heavy atom. The monoisotopic (exact) mass is 390 g/mol. The number of anilines is 1. The summed E-state index contributed by atoms with van der Waals surface area (Å²) in [5.41, 5.74) is 1.74. The Morgan fingerprint density at radius 2 is 1.74 bits per heavy atom. The molecule has 0 saturated carbocycles. The molecule has 0 unspecified atom stereocenters. The molecule has 0 aliphatic heterocycles. The van der Waals surface area contributed by atoms with E-state index < -0.39 is 11.7 Å². The highest BCUT2D eigenvalue weighted by molar-refractivity contribution is 6.33. The van der Waals surface area contributed by atoms with Crippen LogP contribution in [0.5, 0.6) is 0 Å². The van der Waals surface area contributed by atoms with E-state index in [2.05, 4.69) is 26.1 Å². The van der Waals surface area contributed by atoms with Crippen molar-refractivity contribution in [3.05, 3.63) is 64.4 Å². The van der Waals surface area contributed by atoms with Gasteiger partial charge < -0.3 is 10.2 Å². The molecule has 0 aromatic heterocycles. The molecule has 0 spiro atoms. The molecular formula is C21H24ClFN2O2. The van der Waals surface area contributed by atoms with Gasteiger partial charge in [0.2, 0.25) is 5.91 Å². The molecule has 0 saturated heterocycles. The SMILES string of the molecule is CC(=O)N(CCNC(=O)c1c(F)cccc1Cl)c1ccc(C(C)(C)C)cc1. The van der Waals surface area contributed by atoms with E-state index >= 15 is 0 Å². The number of hydrogen-bond acceptors (Lipinski definition) is 2. The molecule has 2 aromatic rings. The highest BCUT2D eigenvalue weighted by Gasteiger charge is 2.18. The van der Waals surface area contributed by atoms with Crippen molar-refractivity contribution in [2.45, 2.75) is 33.1 Å². The van der Waals surface area contributed by atoms with E-state index in [0.29, 0.717) is 0 Å². The van der Waals surface area contributed by atoms with Crippen LogP contribution in [0, 0.1) is 5.82 Å². The number of nitrogens with one attached hydrogen (secondary N) is 1. The van der Waals surface area contributed by atoms with E-state index in [4.69, 9.17) is 11.6 Å². The Kier molecular flexibility index (Phi) is 6.60. The van der Waals surface area contributed by atoms with Gasteiger partial charge in [0.1, 0.15) is 5.82 Å². The summed E-state index contributed by atoms with van der Waals surface area (Å²) < 4.78 is 13.8. The van der Waals surface area contributed by atoms with Gasteiger partial charge in [-0.1, -0.05) is 50.6 Å². The van der Waals surface area contributed by atoms with Crippen molar-refractivity contribution in [3.8, 4) is 0 Å². The number of rotatable bonds is 5. The lowest BCUT2D eigenvalue weighted by Gasteiger charge is -2.24. The van der Waals surface area contributed by atoms with Crippen molar-refractivity contribution >= 4 is 29.1 Å². The first-order valence-electron chi connectivity index (χ1n) is 8.72. The van der Waals surface area contributed by atoms with Crippen molar-refractivity contribution < 1.29 is 14.0 Å². The van der Waals surface area contributed by atoms with E-state index in [1.165, 1.54) is 25.1 Å². The van der Waals surface area contributed by atoms with Crippen molar-refractivity contribution in [2.75, 3.05) is 18.0 Å². The van der Waals surface area contributed by atoms with Crippen LogP contribution < -0.4 is 10.2 Å². The summed E-state index contributed by atoms with van der Waals surface area (Å²) in [4.78, 5) is 25.8. The number of carbonyl (C=O) groups is 2. The van der Waals surface area contributed by atoms with Crippen molar-refractivity contribution in [1.29, 1.82) is 0 Å². The molecule has 0 bridgehead atoms. The summed E-state index contributed by atoms with van der Waals surface area (Å²) in [7, 11) is 0. The van der Waals surface area contributed by atoms with E-state index in [0.717, 1.165) is 11.3 Å². The summed E-state index contributed by atoms with van der Waals surface area (Å²) in [5.74, 6) is -1.43. The van der Waals surface area contributed by atoms with Crippen molar-refractivity contribution in [2.24, 2.45) is 0 Å². The molecule has 0 heterocycles. The van der Waals surface area contributed by atoms with Crippen LogP contribution in [0.4, 0.5) is 10.1 Å². The Balaban J connectivity index is 2.05. The maximum absolute atomic E-state index is 13.8. The fraction of sp³-hybridized carbons (Fsp3) is 0.333. The van der Waals surface area contributed by atoms with Gasteiger partial charge in [-0.2, -0.15) is 0 Å². The van der Waals surface area contributed by atoms with Gasteiger partial charge >= 0.3 is 0 Å². The predicted molar refractivity (Wildman–Crippen MR) is 107 cm³/mol. The average molecular weight is 391 g/mol. The minimum atomic E-state index is -0.679. The summed E-state index contributed by atoms with van der Waals surface area (Å²) in [6.45, 7) is 8.26. The Bertz CT molecular complexity index is 809. The Labute approximate surface area is 164 Å². The average Bonchev–Trinajstić information content (AvgIpc) is 2.57. The molecule has 1 N–H and O–H groups in total. The van der Waals surface area contributed by atoms with Crippen LogP contribution in [0.3, 0.4) is 0 Å². The highest BCUT2D eigenvalue weighted by Crippen LogP contribution is 2.25. The third-order valence-electron chi connectivity index (χ3n) is 4.24. The van der Waals surface area contributed by atoms with E-state index in [1.807, 2.05) is 24.3 Å². The molecular weight excluding hydrogens is 367 g/mol. The zero-order chi connectivity index (χ0) is 20.2. The number of benzene rings is 2. The van der Waals surface area contributed by atoms with Crippen LogP contribution in [0.25, 0.3) is 0 Å². The summed E-state index contributed by atoms with van der Waals surface area (Å²) in [6.07, 6.45) is 0. The number of halogens is 2. The van der Waals surface area contributed by atoms with Gasteiger partial charge in [0.05, 0.1) is 10.6 Å². The first kappa shape index (κ1) is 20.9. The standard InChI is InChI=1S/C21H24ClFN2O2/c1-14(26)25(16-10-8-15(9-11-16)21(2,3)4)13-12-24-20(27)19-17(22)6-5-7-18(19)23/h5-11H,12-13H2,1-4H3,(H,24,27). The molecule has 27 heavy (non-hydrogen) atoms. The zero-order valence-electron chi connectivity index (χ0n) is 16.0. The van der Waals surface area contributed by atoms with Gasteiger partial charge in [-0.25, -0.2) is 4.39 Å². The van der Waals surface area contributed by atoms with Crippen LogP contribution in [0.2, 0.25) is 5.02 Å². The highest BCUT2D eigenvalue weighted by atomic mass is 35.5. The Morgan fingerprint density at radius 3 is 2.26 bits per heavy atom. The lowest BCUT2D eigenvalue weighted by molar-refractivity contribution is -0.116. The lowest BCUT2D eigenvalue weighted by atomic mass is 9.87. The topological polar surface area (TPSA) is 49.4 Å². The molecule has 0 atom stereocenters. The van der Waals surface area contributed by atoms with Crippen LogP contribution >= 0.6 is 11.6 Å². The van der Waals surface area contributed by atoms with Gasteiger partial charge in [0.25, 0.3) is 5.91 Å². The molecule has 2 rings (SSSR count). The van der Waals surface area contributed by atoms with Crippen molar-refractivity contribution in [1.82, 2.24) is 5.32 Å². The Hall–Kier alpha value is -2.40. The normalized spacial score (nSPS) is 11.2. The summed E-state index contributed by atoms with van der Waals surface area (Å²) in [5, 5.41) is 2.66. The smallest absolute Gasteiger partial charge is 0.255 e. The second-order valence-corrected chi connectivity index (χ2v) is 7.73. The molecule has 0 fully saturated rings. The summed E-state index contributed by atoms with van der Waals surface area (Å²) in [6, 6.07) is 11.8. The maximum atomic E-state index is 13.8. The number of hydrogen-bond donors (Lipinski definition) is 1. The first-order valence-corrected chi connectivity index (χ1v) is 9.10. The minimum absolute atomic E-state index is 0.0204. The van der Waals surface area contributed by atoms with Gasteiger partial charge in [-0.05, 0) is 35.2 Å². The molecule has 144 valence electrons. The lowest BCUT2D eigenvalue weighted by Crippen LogP contribution is -2.37. The van der Waals surface area contributed by atoms with Gasteiger partial charge in [0, 0.05) is 25.7 Å². The quantitative estimate of drug-likeness (QED) is 0.813. The first-order chi connectivity index (χ1) is 12.6. The number of amides is 2.